The van der Waals surface area contributed by atoms with Crippen molar-refractivity contribution in [1.29, 1.82) is 0 Å². The Morgan fingerprint density at radius 1 is 0.611 bits per heavy atom. The quantitative estimate of drug-likeness (QED) is 0.0323. The predicted octanol–water partition coefficient (Wildman–Crippen LogP) is 4.90. The molecule has 54 heavy (non-hydrogen) atoms. The van der Waals surface area contributed by atoms with Crippen LogP contribution in [0.5, 0.6) is 5.75 Å². The summed E-state index contributed by atoms with van der Waals surface area (Å²) in [6, 6.07) is 5.65. The number of nitrogens with two attached hydrogens (primary N) is 1. The first-order chi connectivity index (χ1) is 24.8. The fraction of sp³-hybridized carbons (Fsp3) is 0. The van der Waals surface area contributed by atoms with Crippen LogP contribution < -0.4 is 11.1 Å². The van der Waals surface area contributed by atoms with Crippen molar-refractivity contribution in [2.24, 2.45) is 20.5 Å². The highest BCUT2D eigenvalue weighted by molar-refractivity contribution is 7.86. The van der Waals surface area contributed by atoms with Gasteiger partial charge in [0.2, 0.25) is 5.95 Å². The number of nitrogens with zero attached hydrogens (tertiary/aromatic N) is 6. The molecular weight excluding hydrogens is 818 g/mol. The molecule has 0 saturated heterocycles. The molecule has 0 amide bonds. The minimum Gasteiger partial charge on any atom is -0.505 e. The minimum atomic E-state index is -5.48. The number of azo groups is 2. The first-order valence-electron chi connectivity index (χ1n) is 13.6. The van der Waals surface area contributed by atoms with Crippen molar-refractivity contribution in [3.05, 3.63) is 72.4 Å². The molecule has 4 aromatic carbocycles. The molecule has 0 unspecified atom stereocenters. The van der Waals surface area contributed by atoms with Crippen LogP contribution in [-0.2, 0) is 40.5 Å². The molecule has 21 nitrogen and oxygen atoms in total. The van der Waals surface area contributed by atoms with Crippen molar-refractivity contribution in [3.8, 4) is 5.75 Å². The van der Waals surface area contributed by atoms with E-state index in [4.69, 9.17) is 5.73 Å². The second-order valence-corrected chi connectivity index (χ2v) is 15.9. The Morgan fingerprint density at radius 3 is 1.65 bits per heavy atom. The average molecular weight is 835 g/mol. The summed E-state index contributed by atoms with van der Waals surface area (Å²) in [6.07, 6.45) is -1.50. The van der Waals surface area contributed by atoms with E-state index in [9.17, 15) is 70.2 Å². The van der Waals surface area contributed by atoms with Gasteiger partial charge >= 0.3 is 6.08 Å². The summed E-state index contributed by atoms with van der Waals surface area (Å²) < 4.78 is 177. The van der Waals surface area contributed by atoms with Crippen molar-refractivity contribution in [2.75, 3.05) is 11.1 Å². The molecule has 0 spiro atoms. The molecule has 0 fully saturated rings. The van der Waals surface area contributed by atoms with Crippen LogP contribution in [-0.4, -0.2) is 67.0 Å². The largest absolute Gasteiger partial charge is 0.505 e. The molecule has 284 valence electrons. The molecule has 0 radical (unpaired) electrons. The number of anilines is 3. The Kier molecular flexibility index (Phi) is 10.2. The van der Waals surface area contributed by atoms with E-state index in [1.165, 1.54) is 0 Å². The Bertz CT molecular complexity index is 2910. The van der Waals surface area contributed by atoms with Gasteiger partial charge in [-0.1, -0.05) is 0 Å². The normalized spacial score (nSPS) is 12.9. The van der Waals surface area contributed by atoms with E-state index < -0.39 is 129 Å². The highest BCUT2D eigenvalue weighted by Gasteiger charge is 2.29. The second-order valence-electron chi connectivity index (χ2n) is 10.4. The van der Waals surface area contributed by atoms with Crippen LogP contribution in [0, 0.1) is 17.8 Å². The van der Waals surface area contributed by atoms with Crippen LogP contribution in [0.2, 0.25) is 0 Å². The van der Waals surface area contributed by atoms with E-state index in [2.05, 4.69) is 35.7 Å². The Morgan fingerprint density at radius 2 is 1.11 bits per heavy atom. The van der Waals surface area contributed by atoms with Crippen molar-refractivity contribution in [3.63, 3.8) is 0 Å². The number of aromatic nitrogens is 2. The van der Waals surface area contributed by atoms with Gasteiger partial charge in [-0.25, -0.2) is 4.39 Å². The summed E-state index contributed by atoms with van der Waals surface area (Å²) >= 11 is 0. The second kappa shape index (κ2) is 13.9. The van der Waals surface area contributed by atoms with Gasteiger partial charge in [-0.15, -0.1) is 20.5 Å². The van der Waals surface area contributed by atoms with Gasteiger partial charge in [-0.05, 0) is 47.9 Å². The zero-order valence-electron chi connectivity index (χ0n) is 25.7. The summed E-state index contributed by atoms with van der Waals surface area (Å²) in [5.74, 6) is -4.27. The lowest BCUT2D eigenvalue weighted by atomic mass is 10.1. The van der Waals surface area contributed by atoms with Gasteiger partial charge in [-0.3, -0.25) is 18.2 Å². The fourth-order valence-electron chi connectivity index (χ4n) is 4.59. The Hall–Kier alpha value is -5.75. The summed E-state index contributed by atoms with van der Waals surface area (Å²) in [5, 5.41) is 26.1. The van der Waals surface area contributed by atoms with E-state index in [1.54, 1.807) is 0 Å². The molecule has 0 saturated carbocycles. The van der Waals surface area contributed by atoms with E-state index >= 15 is 0 Å². The number of nitrogen functional groups attached to an aromatic ring is 1. The lowest BCUT2D eigenvalue weighted by Gasteiger charge is -2.14. The first kappa shape index (κ1) is 39.5. The number of phenols is 1. The Labute approximate surface area is 299 Å². The van der Waals surface area contributed by atoms with Gasteiger partial charge in [0.15, 0.2) is 5.75 Å². The number of aromatic hydroxyl groups is 1. The van der Waals surface area contributed by atoms with Crippen molar-refractivity contribution >= 4 is 91.2 Å². The average Bonchev–Trinajstić information content (AvgIpc) is 3.01. The third-order valence-corrected chi connectivity index (χ3v) is 10.3. The van der Waals surface area contributed by atoms with E-state index in [1.807, 2.05) is 0 Å². The minimum absolute atomic E-state index is 0.223. The fourth-order valence-corrected chi connectivity index (χ4v) is 7.13. The molecule has 5 rings (SSSR count). The summed E-state index contributed by atoms with van der Waals surface area (Å²) in [4.78, 5) is 1.45. The number of hydrogen-bond donors (Lipinski definition) is 7. The number of rotatable bonds is 10. The predicted molar refractivity (Wildman–Crippen MR) is 176 cm³/mol. The molecule has 0 bridgehead atoms. The van der Waals surface area contributed by atoms with Crippen LogP contribution in [0.4, 0.5) is 53.1 Å². The third-order valence-electron chi connectivity index (χ3n) is 6.76. The van der Waals surface area contributed by atoms with Gasteiger partial charge < -0.3 is 16.2 Å². The van der Waals surface area contributed by atoms with Crippen molar-refractivity contribution < 1.29 is 70.2 Å². The maximum Gasteiger partial charge on any atom is 0.313 e. The number of hydrogen-bond acceptors (Lipinski definition) is 17. The maximum atomic E-state index is 13.9. The number of phenolic OH excluding ortho intramolecular Hbond substituents is 1. The lowest BCUT2D eigenvalue weighted by molar-refractivity contribution is 0.472. The van der Waals surface area contributed by atoms with Gasteiger partial charge in [-0.2, -0.15) is 52.4 Å². The number of nitrogens with one attached hydrogen (secondary N) is 1. The number of benzene rings is 4. The molecule has 1 aromatic heterocycles. The van der Waals surface area contributed by atoms with Gasteiger partial charge in [0.25, 0.3) is 40.5 Å². The number of fused-ring (bicyclic) bond motifs is 1. The zero-order valence-corrected chi connectivity index (χ0v) is 29.0. The van der Waals surface area contributed by atoms with Crippen LogP contribution >= 0.6 is 0 Å². The molecule has 8 N–H and O–H groups in total. The highest BCUT2D eigenvalue weighted by Crippen LogP contribution is 2.48. The Balaban J connectivity index is 1.76. The zero-order chi connectivity index (χ0) is 40.1. The third kappa shape index (κ3) is 8.39. The van der Waals surface area contributed by atoms with E-state index in [0.29, 0.717) is 42.5 Å². The molecule has 0 atom stereocenters. The monoisotopic (exact) mass is 834 g/mol. The first-order valence-corrected chi connectivity index (χ1v) is 19.4. The lowest BCUT2D eigenvalue weighted by Crippen LogP contribution is -2.04. The van der Waals surface area contributed by atoms with E-state index in [0.717, 1.165) is 12.1 Å². The molecule has 0 aliphatic heterocycles. The van der Waals surface area contributed by atoms with E-state index in [-0.39, 0.29) is 5.69 Å². The molecule has 28 heteroatoms. The van der Waals surface area contributed by atoms with Crippen LogP contribution in [0.15, 0.2) is 94.6 Å². The van der Waals surface area contributed by atoms with Crippen molar-refractivity contribution in [1.82, 2.24) is 9.97 Å². The van der Waals surface area contributed by atoms with Gasteiger partial charge in [0.05, 0.1) is 11.1 Å². The SMILES string of the molecule is Nc1c(/N=N/c2cc(F)ccc2S(=O)(=O)O)c(S(=O)(=O)O)cc2cc(S(=O)(=O)O)c(/N=N/c3cc(Nc4cc(F)nc(F)n4)ccc3S(=O)(=O)O)c(O)c12. The van der Waals surface area contributed by atoms with Crippen LogP contribution in [0.25, 0.3) is 10.8 Å². The highest BCUT2D eigenvalue weighted by atomic mass is 32.2. The van der Waals surface area contributed by atoms with Gasteiger partial charge in [0, 0.05) is 17.8 Å². The van der Waals surface area contributed by atoms with Crippen molar-refractivity contribution in [2.45, 2.75) is 19.6 Å². The molecule has 5 aromatic rings. The topological polar surface area (TPSA) is 351 Å². The summed E-state index contributed by atoms with van der Waals surface area (Å²) in [7, 11) is -21.1. The molecule has 0 aliphatic carbocycles. The molecule has 0 aliphatic rings. The molecule has 1 heterocycles. The summed E-state index contributed by atoms with van der Waals surface area (Å²) in [6.45, 7) is 0. The smallest absolute Gasteiger partial charge is 0.313 e. The number of halogens is 3. The van der Waals surface area contributed by atoms with Gasteiger partial charge in [0.1, 0.15) is 54.0 Å². The summed E-state index contributed by atoms with van der Waals surface area (Å²) in [5.41, 5.74) is 0.803. The van der Waals surface area contributed by atoms with Crippen LogP contribution in [0.3, 0.4) is 0 Å². The van der Waals surface area contributed by atoms with Crippen LogP contribution in [0.1, 0.15) is 0 Å². The maximum absolute atomic E-state index is 13.9. The molecular formula is C26H17F3N8O13S4. The standard InChI is InChI=1S/C26H17F3N8O13S4/c27-11-1-3-15(51(39,40)41)13(7-11)34-36-23-17(53(45,46)47)5-10-6-18(54(48,49)50)24(25(38)21(10)22(23)30)37-35-14-8-12(2-4-16(14)52(42,43)44)31-20-9-19(28)32-26(29)33-20/h1-9,38H,30H2,(H,31,32,33)(H,39,40,41)(H,42,43,44)(H,45,46,47)(H,48,49,50)/b36-34+,37-35+.